The van der Waals surface area contributed by atoms with E-state index in [1.54, 1.807) is 26.0 Å². The molecule has 0 radical (unpaired) electrons. The number of sulfone groups is 1. The molecule has 16 atom stereocenters. The first-order valence-corrected chi connectivity index (χ1v) is 22.7. The maximum Gasteiger partial charge on any atom is 0.397 e. The van der Waals surface area contributed by atoms with Gasteiger partial charge in [-0.1, -0.05) is 19.1 Å². The predicted octanol–water partition coefficient (Wildman–Crippen LogP) is -2.61. The molecular weight excluding hydrogens is 859 g/mol. The van der Waals surface area contributed by atoms with Gasteiger partial charge in [0.05, 0.1) is 42.2 Å². The maximum absolute atomic E-state index is 13.1. The van der Waals surface area contributed by atoms with E-state index in [4.69, 9.17) is 28.4 Å². The third-order valence-corrected chi connectivity index (χ3v) is 12.8. The van der Waals surface area contributed by atoms with Gasteiger partial charge in [-0.2, -0.15) is 8.42 Å². The van der Waals surface area contributed by atoms with Gasteiger partial charge in [0, 0.05) is 32.3 Å². The van der Waals surface area contributed by atoms with E-state index in [-0.39, 0.29) is 17.9 Å². The highest BCUT2D eigenvalue weighted by atomic mass is 32.3. The Labute approximate surface area is 353 Å². The minimum Gasteiger partial charge on any atom is -0.394 e. The van der Waals surface area contributed by atoms with Gasteiger partial charge in [-0.3, -0.25) is 9.35 Å². The lowest BCUT2D eigenvalue weighted by molar-refractivity contribution is -0.388. The van der Waals surface area contributed by atoms with Gasteiger partial charge >= 0.3 is 10.4 Å². The summed E-state index contributed by atoms with van der Waals surface area (Å²) in [5, 5.41) is 81.2. The summed E-state index contributed by atoms with van der Waals surface area (Å²) >= 11 is 0. The highest BCUT2D eigenvalue weighted by Crippen LogP contribution is 2.41. The van der Waals surface area contributed by atoms with Crippen molar-refractivity contribution < 1.29 is 99.3 Å². The van der Waals surface area contributed by atoms with E-state index in [1.165, 1.54) is 26.0 Å². The second kappa shape index (κ2) is 21.6. The van der Waals surface area contributed by atoms with Crippen LogP contribution in [0.5, 0.6) is 0 Å². The molecule has 3 aliphatic rings. The topological polar surface area (TPSA) is 341 Å². The molecule has 9 N–H and O–H groups in total. The molecule has 3 fully saturated rings. The molecule has 0 saturated carbocycles. The highest BCUT2D eigenvalue weighted by molar-refractivity contribution is 7.91. The van der Waals surface area contributed by atoms with Crippen molar-refractivity contribution in [2.45, 2.75) is 157 Å². The summed E-state index contributed by atoms with van der Waals surface area (Å²) in [6.07, 6.45) is -23.7. The van der Waals surface area contributed by atoms with Crippen LogP contribution >= 0.6 is 0 Å². The summed E-state index contributed by atoms with van der Waals surface area (Å²) in [4.78, 5) is 24.4. The number of carbonyl (C=O) groups is 2. The number of amides is 1. The van der Waals surface area contributed by atoms with Crippen molar-refractivity contribution in [1.82, 2.24) is 5.32 Å². The SMILES string of the molecule is CCCO[C@@H]1OC(CO)[C@@H](O[C@@H]2OC(COS(=O)(=O)O)[C@H](O)[C@H](O[C@]3(C)C[C@@H](O)[C@@H](CC(C)=O)C([C@H](O)[C@H](O)CCS(=O)(=O)c4cccc(C)c4)O3)C2O)[C@H](O)C1NC(C)=O. The Hall–Kier alpha value is -2.34. The lowest BCUT2D eigenvalue weighted by atomic mass is 9.80. The zero-order valence-corrected chi connectivity index (χ0v) is 36.0. The average molecular weight is 918 g/mol. The first-order valence-electron chi connectivity index (χ1n) is 19.7. The van der Waals surface area contributed by atoms with Crippen molar-refractivity contribution in [3.8, 4) is 0 Å². The number of aryl methyl sites for hydroxylation is 1. The second-order valence-corrected chi connectivity index (χ2v) is 19.0. The molecule has 3 heterocycles. The van der Waals surface area contributed by atoms with E-state index < -0.39 is 161 Å². The molecule has 1 aromatic rings. The quantitative estimate of drug-likeness (QED) is 0.0605. The van der Waals surface area contributed by atoms with Crippen molar-refractivity contribution in [1.29, 1.82) is 0 Å². The van der Waals surface area contributed by atoms with Crippen molar-refractivity contribution >= 4 is 31.9 Å². The minimum absolute atomic E-state index is 0.0137. The third-order valence-electron chi connectivity index (χ3n) is 10.6. The monoisotopic (exact) mass is 917 g/mol. The Bertz CT molecular complexity index is 1840. The smallest absolute Gasteiger partial charge is 0.394 e. The standard InChI is InChI=1S/C37H59NO21S2/c1-6-11-53-35-27(38-20(4)41)30(46)33(25(16-39)55-35)57-36-31(47)34(29(45)26(56-36)17-54-61(50,51)52)59-37(5)15-24(43)22(14-19(3)40)32(58-37)28(44)23(42)10-12-60(48,49)21-9-7-8-18(2)13-21/h7-9,13,22-36,39,42-47H,6,10-12,14-17H2,1-5H3,(H,38,41)(H,50,51,52)/t22-,23-,24-,25?,26?,27?,28-,29+,30-,31?,32?,33-,34+,35-,36+,37-/m1/s1. The van der Waals surface area contributed by atoms with Crippen LogP contribution in [0.1, 0.15) is 58.9 Å². The Balaban J connectivity index is 1.62. The molecule has 1 amide bonds. The molecule has 0 bridgehead atoms. The largest absolute Gasteiger partial charge is 0.397 e. The van der Waals surface area contributed by atoms with Crippen LogP contribution in [0.2, 0.25) is 0 Å². The molecule has 0 aromatic heterocycles. The molecule has 3 aliphatic heterocycles. The fraction of sp³-hybridized carbons (Fsp3) is 0.784. The van der Waals surface area contributed by atoms with E-state index in [0.717, 1.165) is 6.92 Å². The fourth-order valence-corrected chi connectivity index (χ4v) is 9.38. The van der Waals surface area contributed by atoms with Gasteiger partial charge in [0.2, 0.25) is 5.91 Å². The van der Waals surface area contributed by atoms with Gasteiger partial charge in [0.1, 0.15) is 60.7 Å². The van der Waals surface area contributed by atoms with E-state index in [9.17, 15) is 66.7 Å². The number of hydrogen-bond acceptors (Lipinski definition) is 20. The second-order valence-electron chi connectivity index (χ2n) is 15.8. The molecule has 350 valence electrons. The van der Waals surface area contributed by atoms with Crippen molar-refractivity contribution in [2.75, 3.05) is 25.6 Å². The summed E-state index contributed by atoms with van der Waals surface area (Å²) in [5.41, 5.74) is 0.670. The number of ether oxygens (including phenoxy) is 6. The fourth-order valence-electron chi connectivity index (χ4n) is 7.64. The molecule has 1 aromatic carbocycles. The molecule has 61 heavy (non-hydrogen) atoms. The van der Waals surface area contributed by atoms with Gasteiger partial charge < -0.3 is 74.3 Å². The van der Waals surface area contributed by atoms with Crippen molar-refractivity contribution in [3.05, 3.63) is 29.8 Å². The molecule has 3 saturated heterocycles. The molecular formula is C37H59NO21S2. The Morgan fingerprint density at radius 1 is 0.984 bits per heavy atom. The van der Waals surface area contributed by atoms with Crippen LogP contribution in [0.25, 0.3) is 0 Å². The number of rotatable bonds is 20. The van der Waals surface area contributed by atoms with Crippen molar-refractivity contribution in [3.63, 3.8) is 0 Å². The molecule has 4 rings (SSSR count). The summed E-state index contributed by atoms with van der Waals surface area (Å²) in [6, 6.07) is 4.76. The maximum atomic E-state index is 13.1. The lowest BCUT2D eigenvalue weighted by Gasteiger charge is -2.51. The number of hydrogen-bond donors (Lipinski definition) is 9. The number of carbonyl (C=O) groups excluding carboxylic acids is 2. The molecule has 22 nitrogen and oxygen atoms in total. The van der Waals surface area contributed by atoms with Crippen LogP contribution in [-0.2, 0) is 62.4 Å². The lowest BCUT2D eigenvalue weighted by Crippen LogP contribution is -2.68. The van der Waals surface area contributed by atoms with Crippen LogP contribution in [0.3, 0.4) is 0 Å². The van der Waals surface area contributed by atoms with E-state index in [2.05, 4.69) is 9.50 Å². The average Bonchev–Trinajstić information content (AvgIpc) is 3.17. The zero-order valence-electron chi connectivity index (χ0n) is 34.3. The van der Waals surface area contributed by atoms with Crippen LogP contribution in [0.15, 0.2) is 29.2 Å². The van der Waals surface area contributed by atoms with Crippen LogP contribution < -0.4 is 5.32 Å². The van der Waals surface area contributed by atoms with Crippen molar-refractivity contribution in [2.24, 2.45) is 5.92 Å². The molecule has 0 aliphatic carbocycles. The number of Topliss-reactive ketones (excluding diaryl/α,β-unsaturated/α-hetero) is 1. The summed E-state index contributed by atoms with van der Waals surface area (Å²) < 4.78 is 98.2. The Morgan fingerprint density at radius 2 is 1.66 bits per heavy atom. The predicted molar refractivity (Wildman–Crippen MR) is 206 cm³/mol. The summed E-state index contributed by atoms with van der Waals surface area (Å²) in [5.74, 6) is -4.98. The van der Waals surface area contributed by atoms with Crippen LogP contribution in [0.4, 0.5) is 0 Å². The highest BCUT2D eigenvalue weighted by Gasteiger charge is 2.56. The van der Waals surface area contributed by atoms with Gasteiger partial charge in [0.25, 0.3) is 0 Å². The molecule has 24 heteroatoms. The molecule has 5 unspecified atom stereocenters. The van der Waals surface area contributed by atoms with Gasteiger partial charge in [-0.05, 0) is 51.3 Å². The third kappa shape index (κ3) is 13.6. The van der Waals surface area contributed by atoms with Gasteiger partial charge in [-0.25, -0.2) is 12.6 Å². The van der Waals surface area contributed by atoms with E-state index >= 15 is 0 Å². The number of nitrogens with one attached hydrogen (secondary N) is 1. The van der Waals surface area contributed by atoms with Gasteiger partial charge in [-0.15, -0.1) is 0 Å². The van der Waals surface area contributed by atoms with Crippen LogP contribution in [-0.4, -0.2) is 186 Å². The summed E-state index contributed by atoms with van der Waals surface area (Å²) in [7, 11) is -9.10. The van der Waals surface area contributed by atoms with E-state index in [0.29, 0.717) is 12.0 Å². The summed E-state index contributed by atoms with van der Waals surface area (Å²) in [6.45, 7) is 5.29. The van der Waals surface area contributed by atoms with E-state index in [1.807, 2.05) is 0 Å². The molecule has 0 spiro atoms. The Morgan fingerprint density at radius 3 is 2.25 bits per heavy atom. The minimum atomic E-state index is -5.15. The Kier molecular flexibility index (Phi) is 18.1. The first kappa shape index (κ1) is 51.3. The first-order chi connectivity index (χ1) is 28.4. The normalized spacial score (nSPS) is 35.9. The zero-order chi connectivity index (χ0) is 45.6. The van der Waals surface area contributed by atoms with Gasteiger partial charge in [0.15, 0.2) is 28.2 Å². The number of aliphatic hydroxyl groups excluding tert-OH is 7. The number of ketones is 1. The number of aliphatic hydroxyl groups is 7. The van der Waals surface area contributed by atoms with Crippen LogP contribution in [0, 0.1) is 12.8 Å². The number of benzene rings is 1.